The summed E-state index contributed by atoms with van der Waals surface area (Å²) in [6.07, 6.45) is 4.36. The molecule has 1 aliphatic rings. The molecule has 1 aliphatic carbocycles. The van der Waals surface area contributed by atoms with Gasteiger partial charge in [0, 0.05) is 32.0 Å². The molecule has 1 N–H and O–H groups in total. The van der Waals surface area contributed by atoms with Gasteiger partial charge in [0.1, 0.15) is 0 Å². The molecule has 150 valence electrons. The van der Waals surface area contributed by atoms with E-state index in [4.69, 9.17) is 4.52 Å². The van der Waals surface area contributed by atoms with Crippen molar-refractivity contribution in [3.05, 3.63) is 41.0 Å². The maximum atomic E-state index is 12.3. The van der Waals surface area contributed by atoms with Gasteiger partial charge in [0.25, 0.3) is 0 Å². The van der Waals surface area contributed by atoms with E-state index in [-0.39, 0.29) is 31.2 Å². The predicted molar refractivity (Wildman–Crippen MR) is 106 cm³/mol. The summed E-state index contributed by atoms with van der Waals surface area (Å²) in [5, 5.41) is 6.80. The van der Waals surface area contributed by atoms with E-state index in [1.54, 1.807) is 7.05 Å². The molecule has 0 saturated carbocycles. The minimum Gasteiger partial charge on any atom is -0.339 e. The largest absolute Gasteiger partial charge is 0.339 e. The summed E-state index contributed by atoms with van der Waals surface area (Å²) in [6.45, 7) is 4.42. The van der Waals surface area contributed by atoms with E-state index in [1.165, 1.54) is 22.4 Å². The number of rotatable bonds is 8. The lowest BCUT2D eigenvalue weighted by molar-refractivity contribution is -0.132. The fourth-order valence-electron chi connectivity index (χ4n) is 3.37. The van der Waals surface area contributed by atoms with Crippen LogP contribution >= 0.6 is 0 Å². The van der Waals surface area contributed by atoms with Gasteiger partial charge in [-0.15, -0.1) is 0 Å². The quantitative estimate of drug-likeness (QED) is 0.755. The van der Waals surface area contributed by atoms with Crippen LogP contribution in [0, 0.1) is 5.92 Å². The molecule has 0 bridgehead atoms. The molecule has 2 aromatic rings. The number of benzene rings is 1. The molecule has 28 heavy (non-hydrogen) atoms. The number of hydrogen-bond donors (Lipinski definition) is 1. The number of anilines is 1. The summed E-state index contributed by atoms with van der Waals surface area (Å²) in [4.78, 5) is 30.3. The van der Waals surface area contributed by atoms with Crippen LogP contribution in [0.5, 0.6) is 0 Å². The average molecular weight is 384 g/mol. The number of aryl methyl sites for hydroxylation is 2. The number of nitrogens with one attached hydrogen (secondary N) is 1. The number of carbonyl (C=O) groups is 2. The topological polar surface area (TPSA) is 88.3 Å². The van der Waals surface area contributed by atoms with Crippen LogP contribution in [-0.2, 0) is 35.4 Å². The SMILES string of the molecule is CC(C)Cc1nc(CN(C)C(=O)CCC(=O)Nc2ccc3c(c2)CCC3)no1. The number of fused-ring (bicyclic) bond motifs is 1. The predicted octanol–water partition coefficient (Wildman–Crippen LogP) is 3.13. The molecule has 0 saturated heterocycles. The third-order valence-electron chi connectivity index (χ3n) is 4.85. The number of carbonyl (C=O) groups excluding carboxylic acids is 2. The summed E-state index contributed by atoms with van der Waals surface area (Å²) in [5.41, 5.74) is 3.48. The van der Waals surface area contributed by atoms with Crippen molar-refractivity contribution >= 4 is 17.5 Å². The lowest BCUT2D eigenvalue weighted by atomic mass is 10.1. The molecule has 2 amide bonds. The fourth-order valence-corrected chi connectivity index (χ4v) is 3.37. The monoisotopic (exact) mass is 384 g/mol. The van der Waals surface area contributed by atoms with Gasteiger partial charge in [0.05, 0.1) is 6.54 Å². The van der Waals surface area contributed by atoms with Crippen molar-refractivity contribution in [1.29, 1.82) is 0 Å². The maximum Gasteiger partial charge on any atom is 0.226 e. The van der Waals surface area contributed by atoms with Crippen molar-refractivity contribution in [1.82, 2.24) is 15.0 Å². The Morgan fingerprint density at radius 2 is 2.00 bits per heavy atom. The molecule has 0 atom stereocenters. The van der Waals surface area contributed by atoms with Crippen LogP contribution in [0.4, 0.5) is 5.69 Å². The zero-order valence-corrected chi connectivity index (χ0v) is 16.8. The van der Waals surface area contributed by atoms with E-state index in [1.807, 2.05) is 12.1 Å². The van der Waals surface area contributed by atoms with Crippen molar-refractivity contribution in [2.24, 2.45) is 5.92 Å². The van der Waals surface area contributed by atoms with Crippen molar-refractivity contribution in [2.45, 2.75) is 58.9 Å². The lowest BCUT2D eigenvalue weighted by Crippen LogP contribution is -2.27. The van der Waals surface area contributed by atoms with Gasteiger partial charge in [-0.05, 0) is 48.4 Å². The molecule has 0 aliphatic heterocycles. The first-order chi connectivity index (χ1) is 13.4. The van der Waals surface area contributed by atoms with Gasteiger partial charge in [-0.1, -0.05) is 25.1 Å². The smallest absolute Gasteiger partial charge is 0.226 e. The fraction of sp³-hybridized carbons (Fsp3) is 0.524. The Kier molecular flexibility index (Phi) is 6.44. The minimum atomic E-state index is -0.154. The second-order valence-electron chi connectivity index (χ2n) is 7.84. The third kappa shape index (κ3) is 5.41. The second kappa shape index (κ2) is 8.99. The van der Waals surface area contributed by atoms with Crippen LogP contribution in [0.3, 0.4) is 0 Å². The van der Waals surface area contributed by atoms with Crippen LogP contribution in [0.15, 0.2) is 22.7 Å². The van der Waals surface area contributed by atoms with E-state index in [9.17, 15) is 9.59 Å². The third-order valence-corrected chi connectivity index (χ3v) is 4.85. The van der Waals surface area contributed by atoms with Gasteiger partial charge in [0.15, 0.2) is 5.82 Å². The Hall–Kier alpha value is -2.70. The molecular formula is C21H28N4O3. The standard InChI is InChI=1S/C21H28N4O3/c1-14(2)11-20-23-18(24-28-20)13-25(3)21(27)10-9-19(26)22-17-8-7-15-5-4-6-16(15)12-17/h7-8,12,14H,4-6,9-11,13H2,1-3H3,(H,22,26). The van der Waals surface area contributed by atoms with Gasteiger partial charge in [-0.2, -0.15) is 4.98 Å². The van der Waals surface area contributed by atoms with Gasteiger partial charge >= 0.3 is 0 Å². The van der Waals surface area contributed by atoms with Gasteiger partial charge in [0.2, 0.25) is 17.7 Å². The zero-order chi connectivity index (χ0) is 20.1. The Bertz CT molecular complexity index is 844. The highest BCUT2D eigenvalue weighted by Gasteiger charge is 2.16. The minimum absolute atomic E-state index is 0.126. The number of hydrogen-bond acceptors (Lipinski definition) is 5. The Morgan fingerprint density at radius 1 is 1.21 bits per heavy atom. The summed E-state index contributed by atoms with van der Waals surface area (Å²) >= 11 is 0. The first kappa shape index (κ1) is 20.0. The van der Waals surface area contributed by atoms with E-state index in [0.29, 0.717) is 24.1 Å². The second-order valence-corrected chi connectivity index (χ2v) is 7.84. The molecule has 0 fully saturated rings. The van der Waals surface area contributed by atoms with Crippen LogP contribution in [0.25, 0.3) is 0 Å². The van der Waals surface area contributed by atoms with Crippen LogP contribution < -0.4 is 5.32 Å². The molecule has 7 nitrogen and oxygen atoms in total. The number of nitrogens with zero attached hydrogens (tertiary/aromatic N) is 3. The lowest BCUT2D eigenvalue weighted by Gasteiger charge is -2.15. The molecule has 1 aromatic carbocycles. The molecule has 1 aromatic heterocycles. The number of aromatic nitrogens is 2. The summed E-state index contributed by atoms with van der Waals surface area (Å²) in [5.74, 6) is 1.21. The van der Waals surface area contributed by atoms with Crippen molar-refractivity contribution in [2.75, 3.05) is 12.4 Å². The van der Waals surface area contributed by atoms with Crippen LogP contribution in [-0.4, -0.2) is 33.9 Å². The van der Waals surface area contributed by atoms with Crippen LogP contribution in [0.1, 0.15) is 56.0 Å². The Balaban J connectivity index is 1.43. The summed E-state index contributed by atoms with van der Waals surface area (Å²) in [7, 11) is 1.68. The summed E-state index contributed by atoms with van der Waals surface area (Å²) in [6, 6.07) is 6.05. The first-order valence-corrected chi connectivity index (χ1v) is 9.88. The molecule has 0 radical (unpaired) electrons. The van der Waals surface area contributed by atoms with Crippen molar-refractivity contribution in [3.63, 3.8) is 0 Å². The molecule has 3 rings (SSSR count). The highest BCUT2D eigenvalue weighted by molar-refractivity contribution is 5.93. The van der Waals surface area contributed by atoms with Gasteiger partial charge in [-0.25, -0.2) is 0 Å². The molecule has 7 heteroatoms. The number of amides is 2. The molecule has 0 spiro atoms. The Morgan fingerprint density at radius 3 is 2.79 bits per heavy atom. The highest BCUT2D eigenvalue weighted by atomic mass is 16.5. The average Bonchev–Trinajstić information content (AvgIpc) is 3.27. The molecule has 0 unspecified atom stereocenters. The normalized spacial score (nSPS) is 12.9. The molecule has 1 heterocycles. The van der Waals surface area contributed by atoms with Crippen molar-refractivity contribution < 1.29 is 14.1 Å². The first-order valence-electron chi connectivity index (χ1n) is 9.88. The molecular weight excluding hydrogens is 356 g/mol. The van der Waals surface area contributed by atoms with Gasteiger partial charge < -0.3 is 14.7 Å². The van der Waals surface area contributed by atoms with E-state index >= 15 is 0 Å². The highest BCUT2D eigenvalue weighted by Crippen LogP contribution is 2.25. The van der Waals surface area contributed by atoms with E-state index < -0.39 is 0 Å². The van der Waals surface area contributed by atoms with Gasteiger partial charge in [-0.3, -0.25) is 9.59 Å². The van der Waals surface area contributed by atoms with E-state index in [2.05, 4.69) is 35.4 Å². The zero-order valence-electron chi connectivity index (χ0n) is 16.8. The van der Waals surface area contributed by atoms with Crippen molar-refractivity contribution in [3.8, 4) is 0 Å². The maximum absolute atomic E-state index is 12.3. The summed E-state index contributed by atoms with van der Waals surface area (Å²) < 4.78 is 5.19. The Labute approximate surface area is 165 Å². The van der Waals surface area contributed by atoms with E-state index in [0.717, 1.165) is 18.5 Å². The van der Waals surface area contributed by atoms with Crippen LogP contribution in [0.2, 0.25) is 0 Å².